The van der Waals surface area contributed by atoms with Gasteiger partial charge in [-0.15, -0.1) is 0 Å². The van der Waals surface area contributed by atoms with Gasteiger partial charge in [0.05, 0.1) is 5.69 Å². The molecule has 1 aromatic heterocycles. The van der Waals surface area contributed by atoms with Gasteiger partial charge in [0.1, 0.15) is 0 Å². The average Bonchev–Trinajstić information content (AvgIpc) is 2.14. The molecule has 2 N–H and O–H groups in total. The van der Waals surface area contributed by atoms with Crippen molar-refractivity contribution in [2.24, 2.45) is 11.1 Å². The Labute approximate surface area is 100 Å². The van der Waals surface area contributed by atoms with Crippen LogP contribution in [0.4, 0.5) is 0 Å². The van der Waals surface area contributed by atoms with Crippen LogP contribution in [0.1, 0.15) is 45.3 Å². The first-order valence-corrected chi connectivity index (χ1v) is 6.05. The topological polar surface area (TPSA) is 38.9 Å². The summed E-state index contributed by atoms with van der Waals surface area (Å²) < 4.78 is 1.01. The number of halogens is 1. The van der Waals surface area contributed by atoms with Gasteiger partial charge >= 0.3 is 0 Å². The quantitative estimate of drug-likeness (QED) is 0.911. The van der Waals surface area contributed by atoms with Crippen LogP contribution in [0.5, 0.6) is 0 Å². The second-order valence-electron chi connectivity index (χ2n) is 5.08. The van der Waals surface area contributed by atoms with E-state index < -0.39 is 0 Å². The Balaban J connectivity index is 2.62. The molecule has 2 nitrogen and oxygen atoms in total. The summed E-state index contributed by atoms with van der Waals surface area (Å²) in [6.07, 6.45) is 3.87. The number of aromatic nitrogens is 1. The van der Waals surface area contributed by atoms with E-state index in [0.717, 1.165) is 23.0 Å². The van der Waals surface area contributed by atoms with Crippen molar-refractivity contribution in [3.05, 3.63) is 28.5 Å². The highest BCUT2D eigenvalue weighted by atomic mass is 79.9. The van der Waals surface area contributed by atoms with Gasteiger partial charge in [0.15, 0.2) is 0 Å². The molecule has 15 heavy (non-hydrogen) atoms. The third kappa shape index (κ3) is 4.31. The lowest BCUT2D eigenvalue weighted by atomic mass is 9.88. The third-order valence-electron chi connectivity index (χ3n) is 2.34. The lowest BCUT2D eigenvalue weighted by Crippen LogP contribution is -2.16. The summed E-state index contributed by atoms with van der Waals surface area (Å²) in [5.41, 5.74) is 7.40. The maximum atomic E-state index is 6.11. The molecule has 0 aliphatic heterocycles. The van der Waals surface area contributed by atoms with Gasteiger partial charge in [-0.2, -0.15) is 0 Å². The van der Waals surface area contributed by atoms with E-state index in [1.807, 2.05) is 12.1 Å². The highest BCUT2D eigenvalue weighted by Crippen LogP contribution is 2.28. The average molecular weight is 271 g/mol. The Morgan fingerprint density at radius 3 is 2.67 bits per heavy atom. The van der Waals surface area contributed by atoms with Gasteiger partial charge in [-0.05, 0) is 46.3 Å². The fourth-order valence-corrected chi connectivity index (χ4v) is 1.95. The molecule has 0 aliphatic rings. The lowest BCUT2D eigenvalue weighted by molar-refractivity contribution is 0.348. The van der Waals surface area contributed by atoms with Crippen LogP contribution in [0.15, 0.2) is 22.8 Å². The van der Waals surface area contributed by atoms with E-state index in [1.165, 1.54) is 0 Å². The largest absolute Gasteiger partial charge is 0.323 e. The number of hydrogen-bond donors (Lipinski definition) is 1. The number of pyridine rings is 1. The first-order valence-electron chi connectivity index (χ1n) is 5.26. The first kappa shape index (κ1) is 12.7. The van der Waals surface area contributed by atoms with Gasteiger partial charge in [-0.1, -0.05) is 20.8 Å². The molecule has 0 amide bonds. The summed E-state index contributed by atoms with van der Waals surface area (Å²) in [5, 5.41) is 0. The molecule has 0 saturated carbocycles. The van der Waals surface area contributed by atoms with Gasteiger partial charge in [0.2, 0.25) is 0 Å². The van der Waals surface area contributed by atoms with E-state index in [1.54, 1.807) is 6.20 Å². The van der Waals surface area contributed by atoms with Crippen LogP contribution in [0.25, 0.3) is 0 Å². The van der Waals surface area contributed by atoms with Crippen molar-refractivity contribution in [1.82, 2.24) is 4.98 Å². The van der Waals surface area contributed by atoms with Crippen molar-refractivity contribution < 1.29 is 0 Å². The number of nitrogens with zero attached hydrogens (tertiary/aromatic N) is 1. The first-order chi connectivity index (χ1) is 6.90. The molecule has 0 radical (unpaired) electrons. The summed E-state index contributed by atoms with van der Waals surface area (Å²) in [5.74, 6) is 0. The van der Waals surface area contributed by atoms with Crippen LogP contribution in [0.3, 0.4) is 0 Å². The molecular weight excluding hydrogens is 252 g/mol. The molecule has 84 valence electrons. The molecule has 0 spiro atoms. The Morgan fingerprint density at radius 1 is 1.47 bits per heavy atom. The van der Waals surface area contributed by atoms with Crippen molar-refractivity contribution in [1.29, 1.82) is 0 Å². The zero-order valence-corrected chi connectivity index (χ0v) is 11.2. The van der Waals surface area contributed by atoms with Gasteiger partial charge in [-0.3, -0.25) is 4.98 Å². The zero-order chi connectivity index (χ0) is 11.5. The molecular formula is C12H19BrN2. The van der Waals surface area contributed by atoms with Gasteiger partial charge in [0, 0.05) is 16.7 Å². The van der Waals surface area contributed by atoms with Crippen LogP contribution in [-0.4, -0.2) is 4.98 Å². The maximum Gasteiger partial charge on any atom is 0.0712 e. The molecule has 0 aliphatic carbocycles. The summed E-state index contributed by atoms with van der Waals surface area (Å²) in [6.45, 7) is 6.69. The van der Waals surface area contributed by atoms with E-state index in [-0.39, 0.29) is 6.04 Å². The Hall–Kier alpha value is -0.410. The van der Waals surface area contributed by atoms with E-state index in [9.17, 15) is 0 Å². The van der Waals surface area contributed by atoms with Crippen molar-refractivity contribution in [2.45, 2.75) is 39.7 Å². The van der Waals surface area contributed by atoms with Gasteiger partial charge in [0.25, 0.3) is 0 Å². The van der Waals surface area contributed by atoms with E-state index in [0.29, 0.717) is 5.41 Å². The van der Waals surface area contributed by atoms with E-state index in [2.05, 4.69) is 41.7 Å². The zero-order valence-electron chi connectivity index (χ0n) is 9.63. The van der Waals surface area contributed by atoms with Gasteiger partial charge < -0.3 is 5.73 Å². The molecule has 1 unspecified atom stereocenters. The SMILES string of the molecule is CC(C)(C)CCC(N)c1ncccc1Br. The van der Waals surface area contributed by atoms with Crippen LogP contribution in [0.2, 0.25) is 0 Å². The lowest BCUT2D eigenvalue weighted by Gasteiger charge is -2.21. The smallest absolute Gasteiger partial charge is 0.0712 e. The standard InChI is InChI=1S/C12H19BrN2/c1-12(2,3)7-6-10(14)11-9(13)5-4-8-15-11/h4-5,8,10H,6-7,14H2,1-3H3. The predicted octanol–water partition coefficient (Wildman–Crippen LogP) is 3.67. The van der Waals surface area contributed by atoms with Crippen molar-refractivity contribution in [2.75, 3.05) is 0 Å². The number of rotatable bonds is 3. The summed E-state index contributed by atoms with van der Waals surface area (Å²) >= 11 is 3.47. The normalized spacial score (nSPS) is 13.9. The van der Waals surface area contributed by atoms with Crippen LogP contribution < -0.4 is 5.73 Å². The van der Waals surface area contributed by atoms with Crippen molar-refractivity contribution >= 4 is 15.9 Å². The summed E-state index contributed by atoms with van der Waals surface area (Å²) in [6, 6.07) is 3.92. The molecule has 0 fully saturated rings. The highest BCUT2D eigenvalue weighted by molar-refractivity contribution is 9.10. The minimum absolute atomic E-state index is 0.0276. The van der Waals surface area contributed by atoms with Crippen molar-refractivity contribution in [3.8, 4) is 0 Å². The fraction of sp³-hybridized carbons (Fsp3) is 0.583. The molecule has 0 bridgehead atoms. The highest BCUT2D eigenvalue weighted by Gasteiger charge is 2.16. The maximum absolute atomic E-state index is 6.11. The van der Waals surface area contributed by atoms with Crippen LogP contribution >= 0.6 is 15.9 Å². The summed E-state index contributed by atoms with van der Waals surface area (Å²) in [4.78, 5) is 4.31. The number of nitrogens with two attached hydrogens (primary N) is 1. The van der Waals surface area contributed by atoms with Crippen LogP contribution in [0, 0.1) is 5.41 Å². The number of hydrogen-bond acceptors (Lipinski definition) is 2. The molecule has 3 heteroatoms. The Kier molecular flexibility index (Phi) is 4.29. The molecule has 1 atom stereocenters. The fourth-order valence-electron chi connectivity index (χ4n) is 1.40. The molecule has 1 heterocycles. The predicted molar refractivity (Wildman–Crippen MR) is 67.6 cm³/mol. The molecule has 0 saturated heterocycles. The van der Waals surface area contributed by atoms with E-state index >= 15 is 0 Å². The Bertz CT molecular complexity index is 318. The second kappa shape index (κ2) is 5.08. The molecule has 1 aromatic rings. The minimum atomic E-state index is 0.0276. The Morgan fingerprint density at radius 2 is 2.13 bits per heavy atom. The second-order valence-corrected chi connectivity index (χ2v) is 5.93. The minimum Gasteiger partial charge on any atom is -0.323 e. The van der Waals surface area contributed by atoms with Crippen molar-refractivity contribution in [3.63, 3.8) is 0 Å². The van der Waals surface area contributed by atoms with Crippen LogP contribution in [-0.2, 0) is 0 Å². The third-order valence-corrected chi connectivity index (χ3v) is 3.01. The van der Waals surface area contributed by atoms with E-state index in [4.69, 9.17) is 5.73 Å². The molecule has 1 rings (SSSR count). The summed E-state index contributed by atoms with van der Waals surface area (Å²) in [7, 11) is 0. The monoisotopic (exact) mass is 270 g/mol. The van der Waals surface area contributed by atoms with Gasteiger partial charge in [-0.25, -0.2) is 0 Å². The molecule has 0 aromatic carbocycles.